The van der Waals surface area contributed by atoms with Crippen molar-refractivity contribution < 1.29 is 32.2 Å². The number of aromatic amines is 1. The molecule has 10 heteroatoms. The molecule has 2 heterocycles. The summed E-state index contributed by atoms with van der Waals surface area (Å²) in [4.78, 5) is 27.7. The molecule has 1 unspecified atom stereocenters. The number of benzene rings is 2. The zero-order chi connectivity index (χ0) is 26.0. The summed E-state index contributed by atoms with van der Waals surface area (Å²) in [7, 11) is 0. The third-order valence-corrected chi connectivity index (χ3v) is 5.71. The van der Waals surface area contributed by atoms with Crippen LogP contribution in [0.25, 0.3) is 10.9 Å². The Kier molecular flexibility index (Phi) is 6.78. The summed E-state index contributed by atoms with van der Waals surface area (Å²) in [5, 5.41) is 14.4. The molecule has 36 heavy (non-hydrogen) atoms. The normalized spacial score (nSPS) is 12.5. The number of fused-ring (bicyclic) bond motifs is 1. The number of carbonyl (C=O) groups excluding carboxylic acids is 1. The number of aryl methyl sites for hydroxylation is 1. The summed E-state index contributed by atoms with van der Waals surface area (Å²) in [6, 6.07) is 13.8. The maximum Gasteiger partial charge on any atom is 0.573 e. The number of carbonyl (C=O) groups is 1. The molecule has 3 N–H and O–H groups in total. The summed E-state index contributed by atoms with van der Waals surface area (Å²) in [6.07, 6.45) is -4.46. The Balaban J connectivity index is 1.92. The monoisotopic (exact) mass is 500 g/mol. The number of alkyl halides is 3. The van der Waals surface area contributed by atoms with E-state index in [1.54, 1.807) is 0 Å². The lowest BCUT2D eigenvalue weighted by molar-refractivity contribution is -0.274. The third kappa shape index (κ3) is 5.37. The minimum atomic E-state index is -4.86. The first-order valence-corrected chi connectivity index (χ1v) is 11.1. The van der Waals surface area contributed by atoms with Gasteiger partial charge in [-0.25, -0.2) is 4.79 Å². The highest BCUT2D eigenvalue weighted by Gasteiger charge is 2.32. The van der Waals surface area contributed by atoms with E-state index in [2.05, 4.69) is 15.0 Å². The summed E-state index contributed by atoms with van der Waals surface area (Å²) >= 11 is 0. The van der Waals surface area contributed by atoms with E-state index in [1.807, 2.05) is 24.3 Å². The van der Waals surface area contributed by atoms with E-state index < -0.39 is 23.7 Å². The second-order valence-corrected chi connectivity index (χ2v) is 8.29. The predicted molar refractivity (Wildman–Crippen MR) is 126 cm³/mol. The van der Waals surface area contributed by atoms with Crippen molar-refractivity contribution in [1.29, 1.82) is 0 Å². The number of halogens is 3. The van der Waals surface area contributed by atoms with Crippen LogP contribution in [0.2, 0.25) is 0 Å². The van der Waals surface area contributed by atoms with Crippen molar-refractivity contribution in [2.75, 3.05) is 6.54 Å². The van der Waals surface area contributed by atoms with Gasteiger partial charge in [-0.05, 0) is 42.7 Å². The topological polar surface area (TPSA) is 105 Å². The molecule has 188 valence electrons. The molecule has 0 bridgehead atoms. The van der Waals surface area contributed by atoms with Crippen molar-refractivity contribution in [3.05, 3.63) is 93.2 Å². The number of amides is 1. The molecule has 0 spiro atoms. The molecular formula is C26H23F3N2O5. The lowest BCUT2D eigenvalue weighted by Gasteiger charge is -2.20. The van der Waals surface area contributed by atoms with E-state index in [1.165, 1.54) is 32.0 Å². The van der Waals surface area contributed by atoms with E-state index >= 15 is 0 Å². The molecule has 0 fully saturated rings. The predicted octanol–water partition coefficient (Wildman–Crippen LogP) is 4.89. The van der Waals surface area contributed by atoms with Crippen LogP contribution in [0.3, 0.4) is 0 Å². The van der Waals surface area contributed by atoms with Gasteiger partial charge in [-0.3, -0.25) is 4.79 Å². The van der Waals surface area contributed by atoms with Gasteiger partial charge >= 0.3 is 12.0 Å². The highest BCUT2D eigenvalue weighted by molar-refractivity contribution is 5.85. The van der Waals surface area contributed by atoms with Gasteiger partial charge in [-0.2, -0.15) is 0 Å². The van der Waals surface area contributed by atoms with Crippen LogP contribution in [0.5, 0.6) is 11.5 Å². The van der Waals surface area contributed by atoms with Crippen molar-refractivity contribution in [1.82, 2.24) is 10.3 Å². The lowest BCUT2D eigenvalue weighted by Crippen LogP contribution is -2.23. The van der Waals surface area contributed by atoms with E-state index in [0.29, 0.717) is 24.2 Å². The Morgan fingerprint density at radius 3 is 2.50 bits per heavy atom. The van der Waals surface area contributed by atoms with Crippen LogP contribution in [0.1, 0.15) is 41.0 Å². The fraction of sp³-hybridized carbons (Fsp3) is 0.231. The molecule has 4 rings (SSSR count). The van der Waals surface area contributed by atoms with Gasteiger partial charge in [0.25, 0.3) is 0 Å². The molecule has 1 atom stereocenters. The Labute approximate surface area is 203 Å². The number of H-pyrrole nitrogens is 1. The van der Waals surface area contributed by atoms with Gasteiger partial charge in [0.1, 0.15) is 17.3 Å². The fourth-order valence-electron chi connectivity index (χ4n) is 4.31. The van der Waals surface area contributed by atoms with Gasteiger partial charge in [-0.1, -0.05) is 30.3 Å². The molecule has 2 aromatic heterocycles. The Morgan fingerprint density at radius 2 is 1.86 bits per heavy atom. The molecule has 0 saturated carbocycles. The summed E-state index contributed by atoms with van der Waals surface area (Å²) in [6.45, 7) is 3.23. The number of rotatable bonds is 7. The van der Waals surface area contributed by atoms with Gasteiger partial charge in [0, 0.05) is 36.1 Å². The minimum absolute atomic E-state index is 0.0718. The second kappa shape index (κ2) is 9.80. The standard InChI is InChI=1S/C26H23F3N2O5/c1-14-13-21(33)23(25(34)35-14)22(16-7-9-17(10-8-16)36-26(27,28)29)24-19(11-12-30-15(2)32)18-5-3-4-6-20(18)31-24/h3-10,13,22,31,33H,11-12H2,1-2H3,(H,30,32). The molecule has 4 aromatic rings. The summed E-state index contributed by atoms with van der Waals surface area (Å²) in [5.74, 6) is -1.65. The van der Waals surface area contributed by atoms with Gasteiger partial charge in [-0.15, -0.1) is 13.2 Å². The zero-order valence-electron chi connectivity index (χ0n) is 19.4. The molecule has 2 aromatic carbocycles. The molecule has 0 aliphatic carbocycles. The second-order valence-electron chi connectivity index (χ2n) is 8.29. The molecule has 0 aliphatic rings. The third-order valence-electron chi connectivity index (χ3n) is 5.71. The summed E-state index contributed by atoms with van der Waals surface area (Å²) in [5.41, 5.74) is 1.64. The highest BCUT2D eigenvalue weighted by Crippen LogP contribution is 2.39. The Bertz CT molecular complexity index is 1460. The van der Waals surface area contributed by atoms with Gasteiger partial charge in [0.05, 0.1) is 11.5 Å². The number of nitrogens with one attached hydrogen (secondary N) is 2. The van der Waals surface area contributed by atoms with E-state index in [9.17, 15) is 27.9 Å². The minimum Gasteiger partial charge on any atom is -0.507 e. The Morgan fingerprint density at radius 1 is 1.17 bits per heavy atom. The average molecular weight is 500 g/mol. The lowest BCUT2D eigenvalue weighted by atomic mass is 9.86. The fourth-order valence-corrected chi connectivity index (χ4v) is 4.31. The van der Waals surface area contributed by atoms with Crippen molar-refractivity contribution >= 4 is 16.8 Å². The zero-order valence-corrected chi connectivity index (χ0v) is 19.4. The first-order valence-electron chi connectivity index (χ1n) is 11.1. The smallest absolute Gasteiger partial charge is 0.507 e. The number of hydrogen-bond donors (Lipinski definition) is 3. The van der Waals surface area contributed by atoms with Crippen molar-refractivity contribution in [3.63, 3.8) is 0 Å². The highest BCUT2D eigenvalue weighted by atomic mass is 19.4. The van der Waals surface area contributed by atoms with Gasteiger partial charge < -0.3 is 24.6 Å². The summed E-state index contributed by atoms with van der Waals surface area (Å²) < 4.78 is 47.3. The largest absolute Gasteiger partial charge is 0.573 e. The van der Waals surface area contributed by atoms with Crippen molar-refractivity contribution in [2.24, 2.45) is 0 Å². The number of para-hydroxylation sites is 1. The molecule has 1 amide bonds. The quantitative estimate of drug-likeness (QED) is 0.335. The average Bonchev–Trinajstić information content (AvgIpc) is 3.14. The van der Waals surface area contributed by atoms with Crippen LogP contribution >= 0.6 is 0 Å². The number of ether oxygens (including phenoxy) is 1. The van der Waals surface area contributed by atoms with E-state index in [4.69, 9.17) is 4.42 Å². The van der Waals surface area contributed by atoms with E-state index in [0.717, 1.165) is 28.6 Å². The van der Waals surface area contributed by atoms with Crippen LogP contribution in [-0.2, 0) is 11.2 Å². The van der Waals surface area contributed by atoms with Crippen LogP contribution in [0.15, 0.2) is 63.8 Å². The SMILES string of the molecule is CC(=O)NCCc1c(C(c2ccc(OC(F)(F)F)cc2)c2c(O)cc(C)oc2=O)[nH]c2ccccc12. The van der Waals surface area contributed by atoms with Crippen LogP contribution in [-0.4, -0.2) is 28.9 Å². The number of aromatic nitrogens is 1. The molecular weight excluding hydrogens is 477 g/mol. The maximum atomic E-state index is 13.0. The number of hydrogen-bond acceptors (Lipinski definition) is 5. The maximum absolute atomic E-state index is 13.0. The van der Waals surface area contributed by atoms with Crippen LogP contribution in [0, 0.1) is 6.92 Å². The molecule has 0 saturated heterocycles. The Hall–Kier alpha value is -4.21. The van der Waals surface area contributed by atoms with E-state index in [-0.39, 0.29) is 23.0 Å². The van der Waals surface area contributed by atoms with Crippen LogP contribution < -0.4 is 15.7 Å². The molecule has 7 nitrogen and oxygen atoms in total. The van der Waals surface area contributed by atoms with Gasteiger partial charge in [0.2, 0.25) is 5.91 Å². The molecule has 0 aliphatic heterocycles. The van der Waals surface area contributed by atoms with Crippen molar-refractivity contribution in [2.45, 2.75) is 32.5 Å². The number of aromatic hydroxyl groups is 1. The van der Waals surface area contributed by atoms with Crippen LogP contribution in [0.4, 0.5) is 13.2 Å². The molecule has 0 radical (unpaired) electrons. The van der Waals surface area contributed by atoms with Crippen molar-refractivity contribution in [3.8, 4) is 11.5 Å². The first kappa shape index (κ1) is 24.9. The first-order chi connectivity index (χ1) is 17.0. The van der Waals surface area contributed by atoms with Gasteiger partial charge in [0.15, 0.2) is 0 Å².